The molecule has 0 aromatic carbocycles. The fourth-order valence-corrected chi connectivity index (χ4v) is 3.80. The van der Waals surface area contributed by atoms with Crippen molar-refractivity contribution in [2.75, 3.05) is 13.1 Å². The van der Waals surface area contributed by atoms with E-state index in [1.807, 2.05) is 54.6 Å². The molecule has 3 heterocycles. The summed E-state index contributed by atoms with van der Waals surface area (Å²) in [6.07, 6.45) is 1.59. The van der Waals surface area contributed by atoms with Crippen LogP contribution in [-0.4, -0.2) is 40.4 Å². The zero-order valence-corrected chi connectivity index (χ0v) is 15.2. The van der Waals surface area contributed by atoms with Crippen LogP contribution in [0.1, 0.15) is 43.6 Å². The van der Waals surface area contributed by atoms with Crippen LogP contribution in [0.5, 0.6) is 0 Å². The zero-order chi connectivity index (χ0) is 17.3. The molecule has 0 saturated carbocycles. The molecular formula is C18H23N3O2S. The van der Waals surface area contributed by atoms with Crippen LogP contribution in [-0.2, 0) is 7.05 Å². The van der Waals surface area contributed by atoms with Crippen molar-refractivity contribution >= 4 is 23.2 Å². The molecule has 0 bridgehead atoms. The third-order valence-electron chi connectivity index (χ3n) is 4.67. The van der Waals surface area contributed by atoms with Crippen LogP contribution in [0.4, 0.5) is 0 Å². The van der Waals surface area contributed by atoms with Crippen LogP contribution in [0.25, 0.3) is 0 Å². The molecule has 2 amide bonds. The molecule has 2 aromatic heterocycles. The summed E-state index contributed by atoms with van der Waals surface area (Å²) < 4.78 is 1.93. The van der Waals surface area contributed by atoms with E-state index in [0.29, 0.717) is 13.1 Å². The maximum atomic E-state index is 12.6. The van der Waals surface area contributed by atoms with Crippen molar-refractivity contribution in [3.63, 3.8) is 0 Å². The molecule has 128 valence electrons. The van der Waals surface area contributed by atoms with Gasteiger partial charge in [0.25, 0.3) is 11.8 Å². The van der Waals surface area contributed by atoms with Crippen LogP contribution in [0.15, 0.2) is 24.3 Å². The van der Waals surface area contributed by atoms with Crippen molar-refractivity contribution in [3.05, 3.63) is 45.4 Å². The van der Waals surface area contributed by atoms with Crippen molar-refractivity contribution in [2.45, 2.75) is 32.7 Å². The molecule has 3 rings (SSSR count). The van der Waals surface area contributed by atoms with E-state index in [1.165, 1.54) is 11.3 Å². The first-order valence-electron chi connectivity index (χ1n) is 8.24. The van der Waals surface area contributed by atoms with Gasteiger partial charge in [-0.2, -0.15) is 0 Å². The van der Waals surface area contributed by atoms with E-state index < -0.39 is 0 Å². The van der Waals surface area contributed by atoms with Crippen LogP contribution < -0.4 is 5.32 Å². The van der Waals surface area contributed by atoms with E-state index in [1.54, 1.807) is 0 Å². The first kappa shape index (κ1) is 16.8. The lowest BCUT2D eigenvalue weighted by Gasteiger charge is -2.32. The van der Waals surface area contributed by atoms with Crippen molar-refractivity contribution in [1.29, 1.82) is 0 Å². The first-order chi connectivity index (χ1) is 11.5. The third kappa shape index (κ3) is 3.38. The first-order valence-corrected chi connectivity index (χ1v) is 9.06. The van der Waals surface area contributed by atoms with Gasteiger partial charge in [-0.05, 0) is 51.0 Å². The summed E-state index contributed by atoms with van der Waals surface area (Å²) in [4.78, 5) is 28.6. The summed E-state index contributed by atoms with van der Waals surface area (Å²) in [5.41, 5.74) is 1.80. The van der Waals surface area contributed by atoms with Gasteiger partial charge in [-0.25, -0.2) is 0 Å². The minimum atomic E-state index is -0.00376. The monoisotopic (exact) mass is 345 g/mol. The molecule has 5 nitrogen and oxygen atoms in total. The molecule has 1 aliphatic rings. The number of hydrogen-bond acceptors (Lipinski definition) is 3. The standard InChI is InChI=1S/C18H23N3O2S/c1-12-4-6-15(20(12)3)18(23)21-10-8-14(9-11-21)19-17(22)16-7-5-13(2)24-16/h4-7,14H,8-11H2,1-3H3,(H,19,22). The molecule has 2 aromatic rings. The molecule has 1 saturated heterocycles. The Bertz CT molecular complexity index is 754. The Morgan fingerprint density at radius 3 is 2.38 bits per heavy atom. The van der Waals surface area contributed by atoms with Gasteiger partial charge in [0.1, 0.15) is 5.69 Å². The van der Waals surface area contributed by atoms with Crippen LogP contribution in [0, 0.1) is 13.8 Å². The molecule has 0 atom stereocenters. The second-order valence-electron chi connectivity index (χ2n) is 6.37. The highest BCUT2D eigenvalue weighted by atomic mass is 32.1. The Morgan fingerprint density at radius 2 is 1.83 bits per heavy atom. The quantitative estimate of drug-likeness (QED) is 0.930. The van der Waals surface area contributed by atoms with E-state index in [4.69, 9.17) is 0 Å². The highest BCUT2D eigenvalue weighted by Crippen LogP contribution is 2.18. The maximum absolute atomic E-state index is 12.6. The van der Waals surface area contributed by atoms with E-state index in [2.05, 4.69) is 5.32 Å². The molecule has 1 N–H and O–H groups in total. The van der Waals surface area contributed by atoms with Gasteiger partial charge in [-0.1, -0.05) is 0 Å². The largest absolute Gasteiger partial charge is 0.348 e. The number of rotatable bonds is 3. The van der Waals surface area contributed by atoms with Gasteiger partial charge in [0.05, 0.1) is 4.88 Å². The minimum Gasteiger partial charge on any atom is -0.348 e. The van der Waals surface area contributed by atoms with Crippen LogP contribution in [0.3, 0.4) is 0 Å². The number of thiophene rings is 1. The highest BCUT2D eigenvalue weighted by Gasteiger charge is 2.26. The van der Waals surface area contributed by atoms with Crippen molar-refractivity contribution in [3.8, 4) is 0 Å². The van der Waals surface area contributed by atoms with Crippen molar-refractivity contribution in [1.82, 2.24) is 14.8 Å². The lowest BCUT2D eigenvalue weighted by Crippen LogP contribution is -2.46. The number of likely N-dealkylation sites (tertiary alicyclic amines) is 1. The third-order valence-corrected chi connectivity index (χ3v) is 5.67. The number of hydrogen-bond donors (Lipinski definition) is 1. The lowest BCUT2D eigenvalue weighted by molar-refractivity contribution is 0.0689. The Hall–Kier alpha value is -2.08. The van der Waals surface area contributed by atoms with Crippen molar-refractivity contribution in [2.24, 2.45) is 7.05 Å². The maximum Gasteiger partial charge on any atom is 0.270 e. The number of nitrogens with zero attached hydrogens (tertiary/aromatic N) is 2. The van der Waals surface area contributed by atoms with Gasteiger partial charge in [0, 0.05) is 36.8 Å². The number of piperidine rings is 1. The number of aryl methyl sites for hydroxylation is 2. The number of carbonyl (C=O) groups is 2. The summed E-state index contributed by atoms with van der Waals surface area (Å²) >= 11 is 1.51. The minimum absolute atomic E-state index is 0.00376. The summed E-state index contributed by atoms with van der Waals surface area (Å²) in [6, 6.07) is 7.81. The Kier molecular flexibility index (Phi) is 4.76. The summed E-state index contributed by atoms with van der Waals surface area (Å²) in [5.74, 6) is 0.0696. The Balaban J connectivity index is 1.55. The molecular weight excluding hydrogens is 322 g/mol. The second kappa shape index (κ2) is 6.81. The number of aromatic nitrogens is 1. The van der Waals surface area contributed by atoms with Gasteiger partial charge in [-0.3, -0.25) is 9.59 Å². The van der Waals surface area contributed by atoms with Gasteiger partial charge in [0.15, 0.2) is 0 Å². The predicted molar refractivity (Wildman–Crippen MR) is 95.6 cm³/mol. The molecule has 24 heavy (non-hydrogen) atoms. The molecule has 1 aliphatic heterocycles. The molecule has 1 fully saturated rings. The normalized spacial score (nSPS) is 15.5. The number of nitrogens with one attached hydrogen (secondary N) is 1. The zero-order valence-electron chi connectivity index (χ0n) is 14.3. The van der Waals surface area contributed by atoms with Gasteiger partial charge < -0.3 is 14.8 Å². The fourth-order valence-electron chi connectivity index (χ4n) is 3.03. The van der Waals surface area contributed by atoms with Crippen molar-refractivity contribution < 1.29 is 9.59 Å². The summed E-state index contributed by atoms with van der Waals surface area (Å²) in [6.45, 7) is 5.34. The molecule has 0 radical (unpaired) electrons. The Morgan fingerprint density at radius 1 is 1.12 bits per heavy atom. The average molecular weight is 345 g/mol. The van der Waals surface area contributed by atoms with E-state index in [9.17, 15) is 9.59 Å². The van der Waals surface area contributed by atoms with E-state index >= 15 is 0 Å². The van der Waals surface area contributed by atoms with Crippen LogP contribution >= 0.6 is 11.3 Å². The van der Waals surface area contributed by atoms with Gasteiger partial charge >= 0.3 is 0 Å². The topological polar surface area (TPSA) is 54.3 Å². The number of amides is 2. The van der Waals surface area contributed by atoms with E-state index in [-0.39, 0.29) is 17.9 Å². The Labute approximate surface area is 146 Å². The van der Waals surface area contributed by atoms with E-state index in [0.717, 1.165) is 34.0 Å². The fraction of sp³-hybridized carbons (Fsp3) is 0.444. The summed E-state index contributed by atoms with van der Waals surface area (Å²) in [7, 11) is 1.92. The predicted octanol–water partition coefficient (Wildman–Crippen LogP) is 2.74. The van der Waals surface area contributed by atoms with Crippen LogP contribution in [0.2, 0.25) is 0 Å². The van der Waals surface area contributed by atoms with Gasteiger partial charge in [0.2, 0.25) is 0 Å². The molecule has 0 aliphatic carbocycles. The second-order valence-corrected chi connectivity index (χ2v) is 7.66. The SMILES string of the molecule is Cc1ccc(C(=O)NC2CCN(C(=O)c3ccc(C)n3C)CC2)s1. The molecule has 0 unspecified atom stereocenters. The smallest absolute Gasteiger partial charge is 0.270 e. The van der Waals surface area contributed by atoms with Gasteiger partial charge in [-0.15, -0.1) is 11.3 Å². The number of carbonyl (C=O) groups excluding carboxylic acids is 2. The lowest BCUT2D eigenvalue weighted by atomic mass is 10.0. The summed E-state index contributed by atoms with van der Waals surface area (Å²) in [5, 5.41) is 3.09. The average Bonchev–Trinajstić information content (AvgIpc) is 3.14. The molecule has 0 spiro atoms. The highest BCUT2D eigenvalue weighted by molar-refractivity contribution is 7.13. The molecule has 6 heteroatoms.